The van der Waals surface area contributed by atoms with Crippen LogP contribution in [-0.2, 0) is 0 Å². The van der Waals surface area contributed by atoms with Crippen LogP contribution < -0.4 is 20.9 Å². The van der Waals surface area contributed by atoms with E-state index in [-0.39, 0.29) is 0 Å². The molecule has 0 radical (unpaired) electrons. The fourth-order valence-electron chi connectivity index (χ4n) is 4.60. The van der Waals surface area contributed by atoms with E-state index in [0.717, 1.165) is 54.4 Å². The Morgan fingerprint density at radius 3 is 2.39 bits per heavy atom. The van der Waals surface area contributed by atoms with E-state index in [1.165, 1.54) is 31.4 Å². The molecule has 1 aromatic heterocycles. The fraction of sp³-hybridized carbons (Fsp3) is 0.333. The van der Waals surface area contributed by atoms with Crippen molar-refractivity contribution in [2.45, 2.75) is 38.1 Å². The van der Waals surface area contributed by atoms with Gasteiger partial charge in [0.2, 0.25) is 5.95 Å². The molecule has 0 amide bonds. The Hall–Kier alpha value is -3.38. The number of rotatable bonds is 7. The molecule has 0 spiro atoms. The molecule has 0 bridgehead atoms. The predicted octanol–water partition coefficient (Wildman–Crippen LogP) is 5.56. The van der Waals surface area contributed by atoms with Crippen molar-refractivity contribution < 1.29 is 0 Å². The van der Waals surface area contributed by atoms with Gasteiger partial charge in [0, 0.05) is 53.7 Å². The molecule has 2 aliphatic heterocycles. The molecule has 0 unspecified atom stereocenters. The van der Waals surface area contributed by atoms with Crippen molar-refractivity contribution in [2.75, 3.05) is 35.2 Å². The van der Waals surface area contributed by atoms with Gasteiger partial charge in [-0.3, -0.25) is 0 Å². The van der Waals surface area contributed by atoms with Gasteiger partial charge in [0.15, 0.2) is 0 Å². The lowest BCUT2D eigenvalue weighted by atomic mass is 10.1. The van der Waals surface area contributed by atoms with E-state index in [1.807, 2.05) is 6.07 Å². The first-order valence-electron chi connectivity index (χ1n) is 12.0. The minimum atomic E-state index is 0.356. The highest BCUT2D eigenvalue weighted by molar-refractivity contribution is 5.66. The molecule has 2 aliphatic rings. The van der Waals surface area contributed by atoms with Crippen molar-refractivity contribution in [1.82, 2.24) is 15.3 Å². The third-order valence-electron chi connectivity index (χ3n) is 6.47. The van der Waals surface area contributed by atoms with E-state index < -0.39 is 0 Å². The third-order valence-corrected chi connectivity index (χ3v) is 6.47. The normalized spacial score (nSPS) is 18.2. The lowest BCUT2D eigenvalue weighted by Crippen LogP contribution is -2.29. The average molecular weight is 441 g/mol. The number of nitrogens with one attached hydrogen (secondary N) is 3. The van der Waals surface area contributed by atoms with Crippen LogP contribution in [-0.4, -0.2) is 35.6 Å². The summed E-state index contributed by atoms with van der Waals surface area (Å²) < 4.78 is 0. The van der Waals surface area contributed by atoms with Gasteiger partial charge < -0.3 is 20.9 Å². The largest absolute Gasteiger partial charge is 0.372 e. The van der Waals surface area contributed by atoms with E-state index >= 15 is 0 Å². The van der Waals surface area contributed by atoms with Crippen molar-refractivity contribution in [3.8, 4) is 11.3 Å². The highest BCUT2D eigenvalue weighted by atomic mass is 15.1. The summed E-state index contributed by atoms with van der Waals surface area (Å²) in [5.74, 6) is 0.598. The molecule has 170 valence electrons. The highest BCUT2D eigenvalue weighted by Gasteiger charge is 2.17. The number of aromatic nitrogens is 2. The molecule has 1 atom stereocenters. The van der Waals surface area contributed by atoms with Crippen molar-refractivity contribution in [3.05, 3.63) is 73.1 Å². The van der Waals surface area contributed by atoms with Crippen LogP contribution in [0.2, 0.25) is 0 Å². The summed E-state index contributed by atoms with van der Waals surface area (Å²) in [4.78, 5) is 11.6. The Kier molecular flexibility index (Phi) is 6.53. The summed E-state index contributed by atoms with van der Waals surface area (Å²) in [6, 6.07) is 19.2. The average Bonchev–Trinajstić information content (AvgIpc) is 3.41. The molecule has 0 saturated carbocycles. The third kappa shape index (κ3) is 5.34. The molecule has 6 heteroatoms. The Morgan fingerprint density at radius 1 is 0.909 bits per heavy atom. The number of piperidine rings is 1. The van der Waals surface area contributed by atoms with Crippen LogP contribution >= 0.6 is 0 Å². The molecule has 0 aliphatic carbocycles. The van der Waals surface area contributed by atoms with Crippen LogP contribution in [0.5, 0.6) is 0 Å². The van der Waals surface area contributed by atoms with Crippen molar-refractivity contribution in [2.24, 2.45) is 0 Å². The highest BCUT2D eigenvalue weighted by Crippen LogP contribution is 2.25. The zero-order valence-electron chi connectivity index (χ0n) is 19.1. The smallest absolute Gasteiger partial charge is 0.227 e. The Balaban J connectivity index is 1.23. The summed E-state index contributed by atoms with van der Waals surface area (Å²) >= 11 is 0. The van der Waals surface area contributed by atoms with Crippen molar-refractivity contribution in [3.63, 3.8) is 0 Å². The maximum atomic E-state index is 4.72. The SMILES string of the molecule is C=C(Nc1ccc(-c2ccnc(Nc3ccc(N4CCCCC4)cc3)n2)cc1)[C@H]1CCCN1. The Bertz CT molecular complexity index is 1060. The van der Waals surface area contributed by atoms with Crippen molar-refractivity contribution in [1.29, 1.82) is 0 Å². The molecule has 6 nitrogen and oxygen atoms in total. The molecule has 2 aromatic carbocycles. The van der Waals surface area contributed by atoms with Crippen LogP contribution in [0, 0.1) is 0 Å². The maximum Gasteiger partial charge on any atom is 0.227 e. The summed E-state index contributed by atoms with van der Waals surface area (Å²) in [7, 11) is 0. The molecule has 2 fully saturated rings. The van der Waals surface area contributed by atoms with E-state index in [2.05, 4.69) is 80.9 Å². The zero-order chi connectivity index (χ0) is 22.5. The Morgan fingerprint density at radius 2 is 1.67 bits per heavy atom. The van der Waals surface area contributed by atoms with Gasteiger partial charge in [0.1, 0.15) is 0 Å². The van der Waals surface area contributed by atoms with Gasteiger partial charge >= 0.3 is 0 Å². The quantitative estimate of drug-likeness (QED) is 0.447. The minimum absolute atomic E-state index is 0.356. The van der Waals surface area contributed by atoms with Gasteiger partial charge in [-0.15, -0.1) is 0 Å². The second-order valence-corrected chi connectivity index (χ2v) is 8.86. The molecule has 3 heterocycles. The second-order valence-electron chi connectivity index (χ2n) is 8.86. The van der Waals surface area contributed by atoms with Crippen LogP contribution in [0.1, 0.15) is 32.1 Å². The zero-order valence-corrected chi connectivity index (χ0v) is 19.1. The van der Waals surface area contributed by atoms with Gasteiger partial charge in [-0.1, -0.05) is 18.7 Å². The van der Waals surface area contributed by atoms with Crippen LogP contribution in [0.3, 0.4) is 0 Å². The first-order valence-corrected chi connectivity index (χ1v) is 12.0. The first-order chi connectivity index (χ1) is 16.2. The maximum absolute atomic E-state index is 4.72. The minimum Gasteiger partial charge on any atom is -0.372 e. The lowest BCUT2D eigenvalue weighted by molar-refractivity contribution is 0.578. The Labute approximate surface area is 196 Å². The van der Waals surface area contributed by atoms with E-state index in [0.29, 0.717) is 12.0 Å². The number of nitrogens with zero attached hydrogens (tertiary/aromatic N) is 3. The number of benzene rings is 2. The van der Waals surface area contributed by atoms with Crippen LogP contribution in [0.25, 0.3) is 11.3 Å². The number of hydrogen-bond donors (Lipinski definition) is 3. The molecule has 3 N–H and O–H groups in total. The van der Waals surface area contributed by atoms with Gasteiger partial charge in [0.25, 0.3) is 0 Å². The van der Waals surface area contributed by atoms with E-state index in [1.54, 1.807) is 6.20 Å². The summed E-state index contributed by atoms with van der Waals surface area (Å²) in [5.41, 5.74) is 6.29. The molecule has 3 aromatic rings. The van der Waals surface area contributed by atoms with E-state index in [9.17, 15) is 0 Å². The van der Waals surface area contributed by atoms with Gasteiger partial charge in [-0.05, 0) is 81.1 Å². The number of hydrogen-bond acceptors (Lipinski definition) is 6. The lowest BCUT2D eigenvalue weighted by Gasteiger charge is -2.28. The van der Waals surface area contributed by atoms with Gasteiger partial charge in [-0.2, -0.15) is 0 Å². The van der Waals surface area contributed by atoms with Crippen LogP contribution in [0.15, 0.2) is 73.1 Å². The first kappa shape index (κ1) is 21.5. The standard InChI is InChI=1S/C27H32N6/c1-20(25-6-5-16-28-25)30-22-9-7-21(8-10-22)26-15-17-29-27(32-26)31-23-11-13-24(14-12-23)33-18-3-2-4-19-33/h7-15,17,25,28,30H,1-6,16,18-19H2,(H,29,31,32)/t25-/m1/s1. The topological polar surface area (TPSA) is 65.1 Å². The number of anilines is 4. The van der Waals surface area contributed by atoms with Crippen molar-refractivity contribution >= 4 is 23.0 Å². The summed E-state index contributed by atoms with van der Waals surface area (Å²) in [6.45, 7) is 7.56. The molecule has 33 heavy (non-hydrogen) atoms. The molecule has 2 saturated heterocycles. The van der Waals surface area contributed by atoms with Gasteiger partial charge in [-0.25, -0.2) is 9.97 Å². The monoisotopic (exact) mass is 440 g/mol. The molecular weight excluding hydrogens is 408 g/mol. The fourth-order valence-corrected chi connectivity index (χ4v) is 4.60. The van der Waals surface area contributed by atoms with Gasteiger partial charge in [0.05, 0.1) is 5.69 Å². The second kappa shape index (κ2) is 10.0. The summed E-state index contributed by atoms with van der Waals surface area (Å²) in [5, 5.41) is 10.2. The summed E-state index contributed by atoms with van der Waals surface area (Å²) in [6.07, 6.45) is 8.05. The van der Waals surface area contributed by atoms with Crippen LogP contribution in [0.4, 0.5) is 23.0 Å². The molecule has 5 rings (SSSR count). The molecular formula is C27H32N6. The predicted molar refractivity (Wildman–Crippen MR) is 137 cm³/mol. The van der Waals surface area contributed by atoms with E-state index in [4.69, 9.17) is 4.98 Å².